The number of pyridine rings is 1. The maximum absolute atomic E-state index is 11.9. The van der Waals surface area contributed by atoms with Crippen LogP contribution in [0, 0.1) is 6.20 Å². The Hall–Kier alpha value is -0.360. The Balaban J connectivity index is 2.78. The lowest BCUT2D eigenvalue weighted by Gasteiger charge is -2.04. The molecular weight excluding hydrogens is 219 g/mol. The van der Waals surface area contributed by atoms with E-state index in [-0.39, 0.29) is 16.7 Å². The number of hydrogen-bond donors (Lipinski definition) is 0. The number of rotatable bonds is 2. The minimum Gasteiger partial charge on any atom is -0.252 e. The van der Waals surface area contributed by atoms with Gasteiger partial charge in [0.15, 0.2) is 0 Å². The minimum absolute atomic E-state index is 0.000602. The van der Waals surface area contributed by atoms with Crippen molar-refractivity contribution in [2.24, 2.45) is 0 Å². The number of halogens is 3. The molecule has 6 heteroatoms. The summed E-state index contributed by atoms with van der Waals surface area (Å²) >= 11 is 1.14. The summed E-state index contributed by atoms with van der Waals surface area (Å²) in [5.41, 5.74) is -4.27. The molecular formula is C7H5F3NS2. The molecule has 0 aliphatic rings. The Morgan fingerprint density at radius 2 is 2.15 bits per heavy atom. The zero-order chi connectivity index (χ0) is 9.90. The van der Waals surface area contributed by atoms with Crippen molar-refractivity contribution in [3.63, 3.8) is 0 Å². The Kier molecular flexibility index (Phi) is 3.49. The summed E-state index contributed by atoms with van der Waals surface area (Å²) in [6.45, 7) is 0. The summed E-state index contributed by atoms with van der Waals surface area (Å²) in [5, 5.41) is 0. The lowest BCUT2D eigenvalue weighted by atomic mass is 10.5. The van der Waals surface area contributed by atoms with Crippen LogP contribution in [0.4, 0.5) is 13.2 Å². The van der Waals surface area contributed by atoms with Gasteiger partial charge in [-0.1, -0.05) is 0 Å². The number of nitrogens with zero attached hydrogens (tertiary/aromatic N) is 1. The van der Waals surface area contributed by atoms with Gasteiger partial charge in [-0.3, -0.25) is 4.98 Å². The van der Waals surface area contributed by atoms with Gasteiger partial charge in [-0.15, -0.1) is 11.8 Å². The quantitative estimate of drug-likeness (QED) is 0.716. The molecule has 71 valence electrons. The third-order valence-electron chi connectivity index (χ3n) is 1.10. The van der Waals surface area contributed by atoms with Gasteiger partial charge in [0, 0.05) is 16.0 Å². The molecule has 0 saturated carbocycles. The maximum Gasteiger partial charge on any atom is 0.446 e. The van der Waals surface area contributed by atoms with E-state index in [1.54, 1.807) is 6.26 Å². The molecule has 1 aromatic heterocycles. The van der Waals surface area contributed by atoms with Gasteiger partial charge in [-0.25, -0.2) is 0 Å². The number of hydrogen-bond acceptors (Lipinski definition) is 3. The van der Waals surface area contributed by atoms with Gasteiger partial charge in [-0.2, -0.15) is 13.2 Å². The molecule has 0 bridgehead atoms. The smallest absolute Gasteiger partial charge is 0.252 e. The highest BCUT2D eigenvalue weighted by molar-refractivity contribution is 8.00. The van der Waals surface area contributed by atoms with Gasteiger partial charge in [-0.05, 0) is 24.1 Å². The van der Waals surface area contributed by atoms with E-state index < -0.39 is 5.51 Å². The molecule has 0 aliphatic carbocycles. The SMILES string of the molecule is CSc1cn[c]c(SC(F)(F)F)c1. The molecule has 0 saturated heterocycles. The number of aromatic nitrogens is 1. The Morgan fingerprint density at radius 3 is 2.69 bits per heavy atom. The van der Waals surface area contributed by atoms with Crippen molar-refractivity contribution in [1.29, 1.82) is 0 Å². The first-order chi connectivity index (χ1) is 6.01. The van der Waals surface area contributed by atoms with Crippen LogP contribution in [0.3, 0.4) is 0 Å². The van der Waals surface area contributed by atoms with E-state index in [0.717, 1.165) is 0 Å². The predicted molar refractivity (Wildman–Crippen MR) is 46.8 cm³/mol. The van der Waals surface area contributed by atoms with Crippen LogP contribution in [-0.2, 0) is 0 Å². The molecule has 1 nitrogen and oxygen atoms in total. The number of thioether (sulfide) groups is 2. The summed E-state index contributed by atoms with van der Waals surface area (Å²) in [6.07, 6.45) is 5.53. The Bertz CT molecular complexity index is 287. The Morgan fingerprint density at radius 1 is 1.46 bits per heavy atom. The molecule has 0 aliphatic heterocycles. The second-order valence-corrected chi connectivity index (χ2v) is 4.02. The molecule has 0 spiro atoms. The van der Waals surface area contributed by atoms with E-state index in [1.165, 1.54) is 24.0 Å². The van der Waals surface area contributed by atoms with Gasteiger partial charge in [0.2, 0.25) is 0 Å². The van der Waals surface area contributed by atoms with Gasteiger partial charge >= 0.3 is 5.51 Å². The van der Waals surface area contributed by atoms with E-state index >= 15 is 0 Å². The van der Waals surface area contributed by atoms with Crippen LogP contribution in [0.1, 0.15) is 0 Å². The van der Waals surface area contributed by atoms with Crippen LogP contribution in [0.2, 0.25) is 0 Å². The third-order valence-corrected chi connectivity index (χ3v) is 2.46. The zero-order valence-electron chi connectivity index (χ0n) is 6.55. The third kappa shape index (κ3) is 3.91. The monoisotopic (exact) mass is 224 g/mol. The van der Waals surface area contributed by atoms with Crippen molar-refractivity contribution in [1.82, 2.24) is 4.98 Å². The first kappa shape index (κ1) is 10.7. The topological polar surface area (TPSA) is 12.9 Å². The summed E-state index contributed by atoms with van der Waals surface area (Å²) in [7, 11) is 0. The molecule has 0 fully saturated rings. The highest BCUT2D eigenvalue weighted by Gasteiger charge is 2.29. The first-order valence-electron chi connectivity index (χ1n) is 3.19. The minimum atomic E-state index is -4.27. The summed E-state index contributed by atoms with van der Waals surface area (Å²) in [5.74, 6) is 0. The molecule has 0 aromatic carbocycles. The lowest BCUT2D eigenvalue weighted by molar-refractivity contribution is -0.0328. The van der Waals surface area contributed by atoms with Crippen LogP contribution in [0.5, 0.6) is 0 Å². The molecule has 1 radical (unpaired) electrons. The highest BCUT2D eigenvalue weighted by atomic mass is 32.2. The fraction of sp³-hybridized carbons (Fsp3) is 0.286. The van der Waals surface area contributed by atoms with Gasteiger partial charge in [0.1, 0.15) is 6.20 Å². The molecule has 1 heterocycles. The van der Waals surface area contributed by atoms with Crippen LogP contribution >= 0.6 is 23.5 Å². The maximum atomic E-state index is 11.9. The van der Waals surface area contributed by atoms with Crippen molar-refractivity contribution < 1.29 is 13.2 Å². The van der Waals surface area contributed by atoms with Gasteiger partial charge in [0.05, 0.1) is 0 Å². The average molecular weight is 224 g/mol. The van der Waals surface area contributed by atoms with Crippen molar-refractivity contribution in [3.05, 3.63) is 18.5 Å². The van der Waals surface area contributed by atoms with Crippen molar-refractivity contribution in [2.45, 2.75) is 15.3 Å². The first-order valence-corrected chi connectivity index (χ1v) is 5.23. The van der Waals surface area contributed by atoms with Crippen molar-refractivity contribution in [2.75, 3.05) is 6.26 Å². The van der Waals surface area contributed by atoms with E-state index in [4.69, 9.17) is 0 Å². The lowest BCUT2D eigenvalue weighted by Crippen LogP contribution is -1.99. The Labute approximate surface area is 82.1 Å². The molecule has 0 unspecified atom stereocenters. The van der Waals surface area contributed by atoms with Crippen LogP contribution < -0.4 is 0 Å². The summed E-state index contributed by atoms with van der Waals surface area (Å²) < 4.78 is 35.7. The largest absolute Gasteiger partial charge is 0.446 e. The van der Waals surface area contributed by atoms with Gasteiger partial charge < -0.3 is 0 Å². The van der Waals surface area contributed by atoms with E-state index in [9.17, 15) is 13.2 Å². The van der Waals surface area contributed by atoms with Crippen LogP contribution in [-0.4, -0.2) is 16.7 Å². The molecule has 13 heavy (non-hydrogen) atoms. The zero-order valence-corrected chi connectivity index (χ0v) is 8.19. The summed E-state index contributed by atoms with van der Waals surface area (Å²) in [4.78, 5) is 4.27. The summed E-state index contributed by atoms with van der Waals surface area (Å²) in [6, 6.07) is 1.41. The standard InChI is InChI=1S/C7H5F3NS2/c1-12-5-2-6(4-11-3-5)13-7(8,9)10/h2-3H,1H3. The van der Waals surface area contributed by atoms with Crippen molar-refractivity contribution in [3.8, 4) is 0 Å². The fourth-order valence-corrected chi connectivity index (χ4v) is 1.65. The molecule has 0 N–H and O–H groups in total. The second kappa shape index (κ2) is 4.23. The number of alkyl halides is 3. The van der Waals surface area contributed by atoms with Crippen LogP contribution in [0.25, 0.3) is 0 Å². The van der Waals surface area contributed by atoms with E-state index in [0.29, 0.717) is 4.90 Å². The van der Waals surface area contributed by atoms with Gasteiger partial charge in [0.25, 0.3) is 0 Å². The van der Waals surface area contributed by atoms with E-state index in [1.807, 2.05) is 0 Å². The predicted octanol–water partition coefficient (Wildman–Crippen LogP) is 3.22. The fourth-order valence-electron chi connectivity index (χ4n) is 0.647. The highest BCUT2D eigenvalue weighted by Crippen LogP contribution is 2.37. The normalized spacial score (nSPS) is 11.7. The molecule has 1 aromatic rings. The second-order valence-electron chi connectivity index (χ2n) is 2.03. The molecule has 1 rings (SSSR count). The van der Waals surface area contributed by atoms with Crippen LogP contribution in [0.15, 0.2) is 22.1 Å². The molecule has 0 atom stereocenters. The van der Waals surface area contributed by atoms with Crippen molar-refractivity contribution >= 4 is 23.5 Å². The molecule has 0 amide bonds. The average Bonchev–Trinajstić information content (AvgIpc) is 2.01. The van der Waals surface area contributed by atoms with E-state index in [2.05, 4.69) is 11.2 Å².